The molecule has 1 aliphatic rings. The molecule has 0 saturated carbocycles. The van der Waals surface area contributed by atoms with Crippen LogP contribution in [-0.4, -0.2) is 29.4 Å². The normalized spacial score (nSPS) is 14.3. The van der Waals surface area contributed by atoms with Crippen LogP contribution in [0.1, 0.15) is 11.1 Å². The smallest absolute Gasteiger partial charge is 0.329 e. The van der Waals surface area contributed by atoms with Crippen molar-refractivity contribution in [2.75, 3.05) is 11.9 Å². The van der Waals surface area contributed by atoms with E-state index in [1.165, 1.54) is 30.3 Å². The van der Waals surface area contributed by atoms with Crippen molar-refractivity contribution in [3.63, 3.8) is 0 Å². The highest BCUT2D eigenvalue weighted by molar-refractivity contribution is 6.32. The van der Waals surface area contributed by atoms with Crippen molar-refractivity contribution in [1.82, 2.24) is 10.2 Å². The van der Waals surface area contributed by atoms with E-state index in [-0.39, 0.29) is 29.6 Å². The van der Waals surface area contributed by atoms with Crippen LogP contribution in [-0.2, 0) is 16.1 Å². The standard InChI is InChI=1S/C25H18Cl2FN3O4/c26-17-4-1-15(2-5-17)13-31-24(33)21(30-25(31)34)12-16-3-10-22(20(27)11-16)35-14-23(32)29-19-8-6-18(28)7-9-19/h1-12H,13-14H2,(H,29,32)(H,30,34)/b21-12-. The lowest BCUT2D eigenvalue weighted by Gasteiger charge is -2.11. The molecular weight excluding hydrogens is 496 g/mol. The van der Waals surface area contributed by atoms with Crippen LogP contribution >= 0.6 is 23.2 Å². The SMILES string of the molecule is O=C(COc1ccc(/C=C2\NC(=O)N(Cc3ccc(Cl)cc3)C2=O)cc1Cl)Nc1ccc(F)cc1. The Labute approximate surface area is 210 Å². The van der Waals surface area contributed by atoms with E-state index in [4.69, 9.17) is 27.9 Å². The van der Waals surface area contributed by atoms with Crippen LogP contribution in [0.2, 0.25) is 10.0 Å². The number of nitrogens with zero attached hydrogens (tertiary/aromatic N) is 1. The molecule has 0 spiro atoms. The maximum Gasteiger partial charge on any atom is 0.329 e. The zero-order valence-electron chi connectivity index (χ0n) is 18.1. The highest BCUT2D eigenvalue weighted by Crippen LogP contribution is 2.27. The number of carbonyl (C=O) groups is 3. The average Bonchev–Trinajstić information content (AvgIpc) is 3.08. The van der Waals surface area contributed by atoms with Crippen LogP contribution in [0.5, 0.6) is 5.75 Å². The molecule has 0 atom stereocenters. The number of carbonyl (C=O) groups excluding carboxylic acids is 3. The molecule has 10 heteroatoms. The van der Waals surface area contributed by atoms with Gasteiger partial charge in [-0.25, -0.2) is 9.18 Å². The number of amides is 4. The van der Waals surface area contributed by atoms with E-state index in [0.717, 1.165) is 10.5 Å². The van der Waals surface area contributed by atoms with E-state index in [2.05, 4.69) is 10.6 Å². The van der Waals surface area contributed by atoms with Gasteiger partial charge in [0.15, 0.2) is 6.61 Å². The lowest BCUT2D eigenvalue weighted by Crippen LogP contribution is -2.30. The molecule has 3 aromatic rings. The molecule has 1 aliphatic heterocycles. The predicted molar refractivity (Wildman–Crippen MR) is 130 cm³/mol. The molecule has 2 N–H and O–H groups in total. The van der Waals surface area contributed by atoms with Gasteiger partial charge in [-0.3, -0.25) is 14.5 Å². The van der Waals surface area contributed by atoms with Crippen molar-refractivity contribution < 1.29 is 23.5 Å². The first-order valence-corrected chi connectivity index (χ1v) is 11.1. The molecule has 0 aromatic heterocycles. The minimum Gasteiger partial charge on any atom is -0.482 e. The number of urea groups is 1. The highest BCUT2D eigenvalue weighted by atomic mass is 35.5. The van der Waals surface area contributed by atoms with Crippen LogP contribution in [0.3, 0.4) is 0 Å². The average molecular weight is 514 g/mol. The third-order valence-corrected chi connectivity index (χ3v) is 5.52. The van der Waals surface area contributed by atoms with Gasteiger partial charge in [-0.05, 0) is 65.7 Å². The number of halogens is 3. The molecular formula is C25H18Cl2FN3O4. The lowest BCUT2D eigenvalue weighted by atomic mass is 10.1. The first-order chi connectivity index (χ1) is 16.8. The summed E-state index contributed by atoms with van der Waals surface area (Å²) in [6, 6.07) is 16.4. The zero-order valence-corrected chi connectivity index (χ0v) is 19.6. The monoisotopic (exact) mass is 513 g/mol. The molecule has 0 unspecified atom stereocenters. The fourth-order valence-corrected chi connectivity index (χ4v) is 3.62. The molecule has 1 heterocycles. The predicted octanol–water partition coefficient (Wildman–Crippen LogP) is 5.24. The molecule has 0 radical (unpaired) electrons. The number of hydrogen-bond acceptors (Lipinski definition) is 4. The Morgan fingerprint density at radius 1 is 1.03 bits per heavy atom. The molecule has 1 saturated heterocycles. The second-order valence-corrected chi connectivity index (χ2v) is 8.38. The Morgan fingerprint density at radius 2 is 1.74 bits per heavy atom. The fraction of sp³-hybridized carbons (Fsp3) is 0.0800. The van der Waals surface area contributed by atoms with Gasteiger partial charge in [0.2, 0.25) is 0 Å². The van der Waals surface area contributed by atoms with Crippen LogP contribution in [0, 0.1) is 5.82 Å². The fourth-order valence-electron chi connectivity index (χ4n) is 3.25. The summed E-state index contributed by atoms with van der Waals surface area (Å²) < 4.78 is 18.4. The summed E-state index contributed by atoms with van der Waals surface area (Å²) in [6.07, 6.45) is 1.50. The van der Waals surface area contributed by atoms with E-state index in [9.17, 15) is 18.8 Å². The van der Waals surface area contributed by atoms with Gasteiger partial charge < -0.3 is 15.4 Å². The first kappa shape index (κ1) is 24.3. The van der Waals surface area contributed by atoms with Gasteiger partial charge >= 0.3 is 6.03 Å². The van der Waals surface area contributed by atoms with Crippen LogP contribution in [0.25, 0.3) is 6.08 Å². The Kier molecular flexibility index (Phi) is 7.33. The van der Waals surface area contributed by atoms with Gasteiger partial charge in [0.05, 0.1) is 11.6 Å². The topological polar surface area (TPSA) is 87.7 Å². The summed E-state index contributed by atoms with van der Waals surface area (Å²) in [6.45, 7) is -0.210. The summed E-state index contributed by atoms with van der Waals surface area (Å²) in [5.41, 5.74) is 1.84. The molecule has 7 nitrogen and oxygen atoms in total. The Bertz CT molecular complexity index is 1310. The van der Waals surface area contributed by atoms with Gasteiger partial charge in [-0.1, -0.05) is 41.4 Å². The summed E-state index contributed by atoms with van der Waals surface area (Å²) >= 11 is 12.1. The Balaban J connectivity index is 1.37. The first-order valence-electron chi connectivity index (χ1n) is 10.4. The summed E-state index contributed by atoms with van der Waals surface area (Å²) in [7, 11) is 0. The molecule has 0 aliphatic carbocycles. The van der Waals surface area contributed by atoms with Crippen molar-refractivity contribution in [2.24, 2.45) is 0 Å². The quantitative estimate of drug-likeness (QED) is 0.334. The van der Waals surface area contributed by atoms with Crippen molar-refractivity contribution in [1.29, 1.82) is 0 Å². The zero-order chi connectivity index (χ0) is 24.9. The van der Waals surface area contributed by atoms with E-state index >= 15 is 0 Å². The van der Waals surface area contributed by atoms with Crippen LogP contribution < -0.4 is 15.4 Å². The maximum absolute atomic E-state index is 13.0. The van der Waals surface area contributed by atoms with Crippen molar-refractivity contribution >= 4 is 52.8 Å². The highest BCUT2D eigenvalue weighted by Gasteiger charge is 2.33. The molecule has 178 valence electrons. The summed E-state index contributed by atoms with van der Waals surface area (Å²) in [5, 5.41) is 5.91. The number of hydrogen-bond donors (Lipinski definition) is 2. The lowest BCUT2D eigenvalue weighted by molar-refractivity contribution is -0.123. The molecule has 35 heavy (non-hydrogen) atoms. The van der Waals surface area contributed by atoms with E-state index in [0.29, 0.717) is 16.3 Å². The number of rotatable bonds is 7. The van der Waals surface area contributed by atoms with Crippen LogP contribution in [0.15, 0.2) is 72.4 Å². The van der Waals surface area contributed by atoms with Gasteiger partial charge in [-0.2, -0.15) is 0 Å². The van der Waals surface area contributed by atoms with Gasteiger partial charge in [0, 0.05) is 10.7 Å². The molecule has 4 rings (SSSR count). The minimum absolute atomic E-state index is 0.104. The second kappa shape index (κ2) is 10.6. The molecule has 0 bridgehead atoms. The number of nitrogens with one attached hydrogen (secondary N) is 2. The van der Waals surface area contributed by atoms with E-state index in [1.807, 2.05) is 0 Å². The van der Waals surface area contributed by atoms with Crippen LogP contribution in [0.4, 0.5) is 14.9 Å². The third-order valence-electron chi connectivity index (χ3n) is 4.97. The maximum atomic E-state index is 13.0. The third kappa shape index (κ3) is 6.17. The Hall–Kier alpha value is -3.88. The number of imide groups is 1. The van der Waals surface area contributed by atoms with Gasteiger partial charge in [0.1, 0.15) is 17.3 Å². The summed E-state index contributed by atoms with van der Waals surface area (Å²) in [4.78, 5) is 38.2. The van der Waals surface area contributed by atoms with Crippen molar-refractivity contribution in [3.8, 4) is 5.75 Å². The Morgan fingerprint density at radius 3 is 2.43 bits per heavy atom. The number of benzene rings is 3. The summed E-state index contributed by atoms with van der Waals surface area (Å²) in [5.74, 6) is -1.07. The van der Waals surface area contributed by atoms with Crippen molar-refractivity contribution in [2.45, 2.75) is 6.54 Å². The molecule has 3 aromatic carbocycles. The molecule has 1 fully saturated rings. The van der Waals surface area contributed by atoms with E-state index in [1.54, 1.807) is 42.5 Å². The second-order valence-electron chi connectivity index (χ2n) is 7.54. The van der Waals surface area contributed by atoms with Gasteiger partial charge in [0.25, 0.3) is 11.8 Å². The molecule has 4 amide bonds. The van der Waals surface area contributed by atoms with E-state index < -0.39 is 23.7 Å². The van der Waals surface area contributed by atoms with Gasteiger partial charge in [-0.15, -0.1) is 0 Å². The number of anilines is 1. The largest absolute Gasteiger partial charge is 0.482 e. The van der Waals surface area contributed by atoms with Crippen molar-refractivity contribution in [3.05, 3.63) is 99.4 Å². The minimum atomic E-state index is -0.533. The number of ether oxygens (including phenoxy) is 1.